The smallest absolute Gasteiger partial charge is 0.0258 e. The zero-order chi connectivity index (χ0) is 6.27. The van der Waals surface area contributed by atoms with E-state index in [2.05, 4.69) is 17.3 Å². The lowest BCUT2D eigenvalue weighted by Crippen LogP contribution is -2.61. The van der Waals surface area contributed by atoms with Crippen LogP contribution in [0.1, 0.15) is 6.42 Å². The SMILES string of the molecule is CN1CC2CCNCC21. The number of likely N-dealkylation sites (tertiary alicyclic amines) is 1. The van der Waals surface area contributed by atoms with Crippen molar-refractivity contribution in [3.63, 3.8) is 0 Å². The summed E-state index contributed by atoms with van der Waals surface area (Å²) in [4.78, 5) is 2.44. The molecule has 0 spiro atoms. The van der Waals surface area contributed by atoms with Crippen molar-refractivity contribution in [2.45, 2.75) is 12.5 Å². The molecule has 2 heteroatoms. The maximum absolute atomic E-state index is 3.40. The highest BCUT2D eigenvalue weighted by Crippen LogP contribution is 2.27. The summed E-state index contributed by atoms with van der Waals surface area (Å²) in [7, 11) is 2.22. The molecule has 2 fully saturated rings. The van der Waals surface area contributed by atoms with Crippen LogP contribution in [-0.4, -0.2) is 37.6 Å². The molecule has 9 heavy (non-hydrogen) atoms. The fourth-order valence-electron chi connectivity index (χ4n) is 1.99. The normalized spacial score (nSPS) is 43.7. The van der Waals surface area contributed by atoms with Crippen LogP contribution in [0, 0.1) is 5.92 Å². The van der Waals surface area contributed by atoms with Crippen molar-refractivity contribution < 1.29 is 0 Å². The van der Waals surface area contributed by atoms with Gasteiger partial charge >= 0.3 is 0 Å². The topological polar surface area (TPSA) is 15.3 Å². The van der Waals surface area contributed by atoms with E-state index in [4.69, 9.17) is 0 Å². The van der Waals surface area contributed by atoms with Crippen molar-refractivity contribution >= 4 is 0 Å². The fourth-order valence-corrected chi connectivity index (χ4v) is 1.99. The monoisotopic (exact) mass is 126 g/mol. The Kier molecular flexibility index (Phi) is 1.24. The lowest BCUT2D eigenvalue weighted by atomic mass is 9.84. The third kappa shape index (κ3) is 0.775. The van der Waals surface area contributed by atoms with E-state index in [0.29, 0.717) is 0 Å². The van der Waals surface area contributed by atoms with Gasteiger partial charge in [-0.3, -0.25) is 0 Å². The van der Waals surface area contributed by atoms with Crippen LogP contribution in [-0.2, 0) is 0 Å². The van der Waals surface area contributed by atoms with E-state index in [1.54, 1.807) is 0 Å². The van der Waals surface area contributed by atoms with Gasteiger partial charge in [-0.15, -0.1) is 0 Å². The Morgan fingerprint density at radius 1 is 1.56 bits per heavy atom. The predicted octanol–water partition coefficient (Wildman–Crippen LogP) is -0.0901. The average Bonchev–Trinajstić information content (AvgIpc) is 1.86. The predicted molar refractivity (Wildman–Crippen MR) is 37.4 cm³/mol. The first kappa shape index (κ1) is 5.69. The first-order valence-electron chi connectivity index (χ1n) is 3.79. The fraction of sp³-hybridized carbons (Fsp3) is 1.00. The minimum atomic E-state index is 0.874. The van der Waals surface area contributed by atoms with Crippen LogP contribution in [0.15, 0.2) is 0 Å². The molecule has 2 unspecified atom stereocenters. The molecule has 0 radical (unpaired) electrons. The van der Waals surface area contributed by atoms with Crippen molar-refractivity contribution in [1.82, 2.24) is 10.2 Å². The number of likely N-dealkylation sites (N-methyl/N-ethyl adjacent to an activating group) is 1. The standard InChI is InChI=1S/C7H14N2/c1-9-5-6-2-3-8-4-7(6)9/h6-8H,2-5H2,1H3. The Morgan fingerprint density at radius 3 is 3.00 bits per heavy atom. The van der Waals surface area contributed by atoms with Crippen molar-refractivity contribution in [1.29, 1.82) is 0 Å². The second-order valence-electron chi connectivity index (χ2n) is 3.26. The van der Waals surface area contributed by atoms with Gasteiger partial charge < -0.3 is 10.2 Å². The molecular formula is C7H14N2. The summed E-state index contributed by atoms with van der Waals surface area (Å²) in [6.07, 6.45) is 1.40. The van der Waals surface area contributed by atoms with Gasteiger partial charge in [-0.1, -0.05) is 0 Å². The summed E-state index contributed by atoms with van der Waals surface area (Å²) < 4.78 is 0. The molecule has 2 aliphatic rings. The van der Waals surface area contributed by atoms with Gasteiger partial charge in [0.25, 0.3) is 0 Å². The third-order valence-corrected chi connectivity index (χ3v) is 2.68. The summed E-state index contributed by atoms with van der Waals surface area (Å²) in [5, 5.41) is 3.40. The molecule has 0 saturated carbocycles. The van der Waals surface area contributed by atoms with Crippen LogP contribution in [0.3, 0.4) is 0 Å². The Labute approximate surface area is 56.2 Å². The minimum Gasteiger partial charge on any atom is -0.315 e. The summed E-state index contributed by atoms with van der Waals surface area (Å²) in [5.41, 5.74) is 0. The zero-order valence-electron chi connectivity index (χ0n) is 5.93. The van der Waals surface area contributed by atoms with E-state index >= 15 is 0 Å². The van der Waals surface area contributed by atoms with Crippen molar-refractivity contribution in [3.8, 4) is 0 Å². The lowest BCUT2D eigenvalue weighted by molar-refractivity contribution is 0.0191. The molecular weight excluding hydrogens is 112 g/mol. The highest BCUT2D eigenvalue weighted by Gasteiger charge is 2.37. The van der Waals surface area contributed by atoms with E-state index in [1.807, 2.05) is 0 Å². The van der Waals surface area contributed by atoms with Crippen molar-refractivity contribution in [2.75, 3.05) is 26.7 Å². The molecule has 0 bridgehead atoms. The van der Waals surface area contributed by atoms with Gasteiger partial charge in [-0.2, -0.15) is 0 Å². The number of hydrogen-bond acceptors (Lipinski definition) is 2. The van der Waals surface area contributed by atoms with Crippen LogP contribution < -0.4 is 5.32 Å². The third-order valence-electron chi connectivity index (χ3n) is 2.68. The first-order valence-corrected chi connectivity index (χ1v) is 3.79. The van der Waals surface area contributed by atoms with Gasteiger partial charge in [0.1, 0.15) is 0 Å². The van der Waals surface area contributed by atoms with E-state index in [1.165, 1.54) is 26.1 Å². The number of fused-ring (bicyclic) bond motifs is 1. The molecule has 2 aliphatic heterocycles. The zero-order valence-corrected chi connectivity index (χ0v) is 5.93. The molecule has 2 rings (SSSR count). The Bertz CT molecular complexity index is 111. The molecule has 2 atom stereocenters. The quantitative estimate of drug-likeness (QED) is 0.488. The van der Waals surface area contributed by atoms with Crippen LogP contribution in [0.5, 0.6) is 0 Å². The molecule has 0 amide bonds. The van der Waals surface area contributed by atoms with Crippen LogP contribution >= 0.6 is 0 Å². The number of nitrogens with zero attached hydrogens (tertiary/aromatic N) is 1. The van der Waals surface area contributed by atoms with Gasteiger partial charge in [-0.05, 0) is 25.9 Å². The van der Waals surface area contributed by atoms with E-state index in [9.17, 15) is 0 Å². The first-order chi connectivity index (χ1) is 4.38. The Hall–Kier alpha value is -0.0800. The second-order valence-corrected chi connectivity index (χ2v) is 3.26. The maximum atomic E-state index is 3.40. The summed E-state index contributed by atoms with van der Waals surface area (Å²) in [6, 6.07) is 0.874. The van der Waals surface area contributed by atoms with E-state index in [0.717, 1.165) is 12.0 Å². The van der Waals surface area contributed by atoms with Gasteiger partial charge in [0.15, 0.2) is 0 Å². The van der Waals surface area contributed by atoms with Gasteiger partial charge in [-0.25, -0.2) is 0 Å². The number of nitrogens with one attached hydrogen (secondary N) is 1. The van der Waals surface area contributed by atoms with Gasteiger partial charge in [0, 0.05) is 19.1 Å². The van der Waals surface area contributed by atoms with Crippen molar-refractivity contribution in [3.05, 3.63) is 0 Å². The van der Waals surface area contributed by atoms with Crippen LogP contribution in [0.4, 0.5) is 0 Å². The van der Waals surface area contributed by atoms with Crippen molar-refractivity contribution in [2.24, 2.45) is 5.92 Å². The van der Waals surface area contributed by atoms with Gasteiger partial charge in [0.2, 0.25) is 0 Å². The molecule has 2 heterocycles. The molecule has 52 valence electrons. The molecule has 1 N–H and O–H groups in total. The largest absolute Gasteiger partial charge is 0.315 e. The molecule has 0 aliphatic carbocycles. The average molecular weight is 126 g/mol. The highest BCUT2D eigenvalue weighted by atomic mass is 15.2. The molecule has 0 aromatic heterocycles. The van der Waals surface area contributed by atoms with Crippen LogP contribution in [0.25, 0.3) is 0 Å². The van der Waals surface area contributed by atoms with E-state index < -0.39 is 0 Å². The summed E-state index contributed by atoms with van der Waals surface area (Å²) in [6.45, 7) is 3.81. The molecule has 2 nitrogen and oxygen atoms in total. The Balaban J connectivity index is 1.94. The number of rotatable bonds is 0. The lowest BCUT2D eigenvalue weighted by Gasteiger charge is -2.49. The summed E-state index contributed by atoms with van der Waals surface area (Å²) >= 11 is 0. The number of hydrogen-bond donors (Lipinski definition) is 1. The van der Waals surface area contributed by atoms with E-state index in [-0.39, 0.29) is 0 Å². The second kappa shape index (κ2) is 1.96. The number of piperidine rings is 1. The molecule has 0 aromatic carbocycles. The van der Waals surface area contributed by atoms with Gasteiger partial charge in [0.05, 0.1) is 0 Å². The highest BCUT2D eigenvalue weighted by molar-refractivity contribution is 4.93. The summed E-state index contributed by atoms with van der Waals surface area (Å²) in [5.74, 6) is 1.02. The minimum absolute atomic E-state index is 0.874. The van der Waals surface area contributed by atoms with Crippen LogP contribution in [0.2, 0.25) is 0 Å². The Morgan fingerprint density at radius 2 is 2.44 bits per heavy atom. The molecule has 0 aromatic rings. The maximum Gasteiger partial charge on any atom is 0.0258 e. The molecule has 2 saturated heterocycles.